The van der Waals surface area contributed by atoms with Crippen LogP contribution in [0.4, 0.5) is 10.1 Å². The Bertz CT molecular complexity index is 883. The van der Waals surface area contributed by atoms with Crippen LogP contribution in [0, 0.1) is 5.82 Å². The molecule has 0 radical (unpaired) electrons. The average molecular weight is 349 g/mol. The summed E-state index contributed by atoms with van der Waals surface area (Å²) in [4.78, 5) is 16.6. The molecule has 0 fully saturated rings. The first-order valence-electron chi connectivity index (χ1n) is 8.42. The molecule has 5 heteroatoms. The second-order valence-corrected chi connectivity index (χ2v) is 5.98. The number of nitrogens with one attached hydrogen (secondary N) is 2. The normalized spacial score (nSPS) is 11.6. The number of hydrogen-bond acceptors (Lipinski definition) is 3. The van der Waals surface area contributed by atoms with Crippen LogP contribution in [0.5, 0.6) is 0 Å². The number of rotatable bonds is 6. The fraction of sp³-hybridized carbons (Fsp3) is 0.143. The number of benzene rings is 2. The van der Waals surface area contributed by atoms with Crippen LogP contribution in [0.15, 0.2) is 72.9 Å². The Morgan fingerprint density at radius 1 is 1.08 bits per heavy atom. The van der Waals surface area contributed by atoms with Crippen molar-refractivity contribution in [2.75, 3.05) is 5.32 Å². The zero-order chi connectivity index (χ0) is 18.4. The minimum Gasteiger partial charge on any atom is -0.381 e. The number of anilines is 1. The Balaban J connectivity index is 1.65. The van der Waals surface area contributed by atoms with Gasteiger partial charge in [-0.2, -0.15) is 0 Å². The molecule has 1 aromatic heterocycles. The third kappa shape index (κ3) is 4.45. The molecule has 132 valence electrons. The first-order chi connectivity index (χ1) is 12.6. The topological polar surface area (TPSA) is 54.0 Å². The van der Waals surface area contributed by atoms with Gasteiger partial charge in [-0.25, -0.2) is 4.39 Å². The van der Waals surface area contributed by atoms with Crippen molar-refractivity contribution in [3.63, 3.8) is 0 Å². The van der Waals surface area contributed by atoms with E-state index in [1.807, 2.05) is 37.3 Å². The molecule has 1 atom stereocenters. The zero-order valence-corrected chi connectivity index (χ0v) is 14.4. The van der Waals surface area contributed by atoms with Gasteiger partial charge in [0, 0.05) is 24.0 Å². The lowest BCUT2D eigenvalue weighted by Crippen LogP contribution is -2.27. The van der Waals surface area contributed by atoms with Crippen LogP contribution >= 0.6 is 0 Å². The molecule has 0 saturated heterocycles. The Morgan fingerprint density at radius 3 is 2.58 bits per heavy atom. The first-order valence-corrected chi connectivity index (χ1v) is 8.42. The van der Waals surface area contributed by atoms with Crippen LogP contribution in [0.2, 0.25) is 0 Å². The van der Waals surface area contributed by atoms with Crippen molar-refractivity contribution in [3.05, 3.63) is 95.6 Å². The maximum absolute atomic E-state index is 13.7. The number of hydrogen-bond donors (Lipinski definition) is 2. The lowest BCUT2D eigenvalue weighted by molar-refractivity contribution is 0.0935. The highest BCUT2D eigenvalue weighted by molar-refractivity contribution is 5.93. The largest absolute Gasteiger partial charge is 0.381 e. The van der Waals surface area contributed by atoms with E-state index < -0.39 is 0 Å². The quantitative estimate of drug-likeness (QED) is 0.697. The second kappa shape index (κ2) is 8.25. The van der Waals surface area contributed by atoms with Gasteiger partial charge in [0.2, 0.25) is 0 Å². The summed E-state index contributed by atoms with van der Waals surface area (Å²) in [6, 6.07) is 19.6. The Labute approximate surface area is 152 Å². The van der Waals surface area contributed by atoms with E-state index in [1.165, 1.54) is 6.07 Å². The summed E-state index contributed by atoms with van der Waals surface area (Å²) in [5.74, 6) is -0.514. The molecule has 26 heavy (non-hydrogen) atoms. The van der Waals surface area contributed by atoms with Crippen molar-refractivity contribution < 1.29 is 9.18 Å². The molecule has 0 saturated carbocycles. The lowest BCUT2D eigenvalue weighted by atomic mass is 10.1. The van der Waals surface area contributed by atoms with Crippen molar-refractivity contribution in [2.45, 2.75) is 19.5 Å². The zero-order valence-electron chi connectivity index (χ0n) is 14.4. The van der Waals surface area contributed by atoms with E-state index in [1.54, 1.807) is 36.5 Å². The van der Waals surface area contributed by atoms with Gasteiger partial charge in [0.15, 0.2) is 0 Å². The second-order valence-electron chi connectivity index (χ2n) is 5.98. The Morgan fingerprint density at radius 2 is 1.81 bits per heavy atom. The number of nitrogens with zero attached hydrogens (tertiary/aromatic N) is 1. The molecule has 0 aliphatic rings. The van der Waals surface area contributed by atoms with E-state index in [4.69, 9.17) is 0 Å². The van der Waals surface area contributed by atoms with Gasteiger partial charge in [-0.1, -0.05) is 48.5 Å². The van der Waals surface area contributed by atoms with Crippen LogP contribution in [0.25, 0.3) is 0 Å². The number of carbonyl (C=O) groups is 1. The molecule has 1 heterocycles. The summed E-state index contributed by atoms with van der Waals surface area (Å²) < 4.78 is 13.7. The molecule has 0 spiro atoms. The van der Waals surface area contributed by atoms with E-state index in [0.29, 0.717) is 23.5 Å². The smallest absolute Gasteiger partial charge is 0.270 e. The van der Waals surface area contributed by atoms with E-state index in [0.717, 1.165) is 5.56 Å². The lowest BCUT2D eigenvalue weighted by Gasteiger charge is -2.14. The third-order valence-electron chi connectivity index (χ3n) is 4.08. The molecule has 1 amide bonds. The summed E-state index contributed by atoms with van der Waals surface area (Å²) in [7, 11) is 0. The van der Waals surface area contributed by atoms with Crippen molar-refractivity contribution in [2.24, 2.45) is 0 Å². The highest BCUT2D eigenvalue weighted by Gasteiger charge is 2.13. The van der Waals surface area contributed by atoms with Gasteiger partial charge >= 0.3 is 0 Å². The Kier molecular flexibility index (Phi) is 5.59. The van der Waals surface area contributed by atoms with E-state index in [9.17, 15) is 9.18 Å². The van der Waals surface area contributed by atoms with Crippen molar-refractivity contribution in [3.8, 4) is 0 Å². The number of pyridine rings is 1. The third-order valence-corrected chi connectivity index (χ3v) is 4.08. The molecule has 3 rings (SSSR count). The van der Waals surface area contributed by atoms with Gasteiger partial charge in [-0.05, 0) is 30.7 Å². The first kappa shape index (κ1) is 17.6. The van der Waals surface area contributed by atoms with Crippen molar-refractivity contribution >= 4 is 11.6 Å². The van der Waals surface area contributed by atoms with E-state index >= 15 is 0 Å². The van der Waals surface area contributed by atoms with Crippen LogP contribution in [0.3, 0.4) is 0 Å². The van der Waals surface area contributed by atoms with Crippen molar-refractivity contribution in [1.82, 2.24) is 10.3 Å². The number of amides is 1. The van der Waals surface area contributed by atoms with Crippen LogP contribution in [-0.4, -0.2) is 10.9 Å². The van der Waals surface area contributed by atoms with Crippen LogP contribution in [-0.2, 0) is 6.54 Å². The molecular formula is C21H20FN3O. The summed E-state index contributed by atoms with van der Waals surface area (Å²) in [5, 5.41) is 6.06. The van der Waals surface area contributed by atoms with Gasteiger partial charge in [0.05, 0.1) is 6.04 Å². The van der Waals surface area contributed by atoms with Gasteiger partial charge in [0.25, 0.3) is 5.91 Å². The average Bonchev–Trinajstić information content (AvgIpc) is 2.68. The summed E-state index contributed by atoms with van der Waals surface area (Å²) in [5.41, 5.74) is 2.61. The van der Waals surface area contributed by atoms with Gasteiger partial charge < -0.3 is 10.6 Å². The Hall–Kier alpha value is -3.21. The molecule has 2 N–H and O–H groups in total. The minimum absolute atomic E-state index is 0.125. The summed E-state index contributed by atoms with van der Waals surface area (Å²) >= 11 is 0. The SMILES string of the molecule is CC(NC(=O)c1cc(NCc2ccccc2F)ccn1)c1ccccc1. The molecule has 3 aromatic rings. The molecule has 0 aliphatic heterocycles. The predicted molar refractivity (Wildman–Crippen MR) is 100 cm³/mol. The maximum atomic E-state index is 13.7. The summed E-state index contributed by atoms with van der Waals surface area (Å²) in [6.07, 6.45) is 1.56. The fourth-order valence-electron chi connectivity index (χ4n) is 2.60. The molecule has 4 nitrogen and oxygen atoms in total. The summed E-state index contributed by atoms with van der Waals surface area (Å²) in [6.45, 7) is 2.26. The van der Waals surface area contributed by atoms with Crippen LogP contribution in [0.1, 0.15) is 34.6 Å². The van der Waals surface area contributed by atoms with E-state index in [-0.39, 0.29) is 17.8 Å². The number of aromatic nitrogens is 1. The highest BCUT2D eigenvalue weighted by Crippen LogP contribution is 2.15. The predicted octanol–water partition coefficient (Wildman–Crippen LogP) is 4.32. The minimum atomic E-state index is -0.260. The molecule has 1 unspecified atom stereocenters. The maximum Gasteiger partial charge on any atom is 0.270 e. The van der Waals surface area contributed by atoms with Crippen LogP contribution < -0.4 is 10.6 Å². The fourth-order valence-corrected chi connectivity index (χ4v) is 2.60. The van der Waals surface area contributed by atoms with Crippen molar-refractivity contribution in [1.29, 1.82) is 0 Å². The number of carbonyl (C=O) groups excluding carboxylic acids is 1. The molecule has 2 aromatic carbocycles. The van der Waals surface area contributed by atoms with Gasteiger partial charge in [0.1, 0.15) is 11.5 Å². The standard InChI is InChI=1S/C21H20FN3O/c1-15(16-7-3-2-4-8-16)25-21(26)20-13-18(11-12-23-20)24-14-17-9-5-6-10-19(17)22/h2-13,15H,14H2,1H3,(H,23,24)(H,25,26). The monoisotopic (exact) mass is 349 g/mol. The van der Waals surface area contributed by atoms with Gasteiger partial charge in [-0.3, -0.25) is 9.78 Å². The number of halogens is 1. The molecular weight excluding hydrogens is 329 g/mol. The molecule has 0 aliphatic carbocycles. The van der Waals surface area contributed by atoms with E-state index in [2.05, 4.69) is 15.6 Å². The molecule has 0 bridgehead atoms. The van der Waals surface area contributed by atoms with Gasteiger partial charge in [-0.15, -0.1) is 0 Å². The highest BCUT2D eigenvalue weighted by atomic mass is 19.1.